The van der Waals surface area contributed by atoms with Gasteiger partial charge in [-0.2, -0.15) is 0 Å². The van der Waals surface area contributed by atoms with Crippen molar-refractivity contribution < 1.29 is 19.0 Å². The number of aliphatic hydroxyl groups excluding tert-OH is 1. The summed E-state index contributed by atoms with van der Waals surface area (Å²) in [4.78, 5) is 9.67. The number of aliphatic hydroxyl groups is 1. The number of nitrogens with one attached hydrogen (secondary N) is 2. The van der Waals surface area contributed by atoms with E-state index in [1.54, 1.807) is 7.05 Å². The number of furan rings is 1. The van der Waals surface area contributed by atoms with Gasteiger partial charge < -0.3 is 29.6 Å². The van der Waals surface area contributed by atoms with Crippen LogP contribution in [0.5, 0.6) is 5.75 Å². The molecule has 1 aliphatic heterocycles. The highest BCUT2D eigenvalue weighted by molar-refractivity contribution is 5.82. The van der Waals surface area contributed by atoms with Crippen molar-refractivity contribution >= 4 is 16.8 Å². The van der Waals surface area contributed by atoms with Crippen LogP contribution in [0, 0.1) is 0 Å². The van der Waals surface area contributed by atoms with Crippen LogP contribution in [0.25, 0.3) is 33.8 Å². The van der Waals surface area contributed by atoms with Gasteiger partial charge in [0, 0.05) is 42.8 Å². The van der Waals surface area contributed by atoms with Crippen LogP contribution in [0.2, 0.25) is 0 Å². The Bertz CT molecular complexity index is 1240. The van der Waals surface area contributed by atoms with E-state index in [1.807, 2.05) is 60.7 Å². The molecule has 0 spiro atoms. The monoisotopic (exact) mass is 474 g/mol. The second kappa shape index (κ2) is 10.9. The fourth-order valence-electron chi connectivity index (χ4n) is 4.15. The molecule has 3 N–H and O–H groups in total. The first-order valence-corrected chi connectivity index (χ1v) is 12.0. The Labute approximate surface area is 204 Å². The zero-order valence-electron chi connectivity index (χ0n) is 19.7. The first-order valence-electron chi connectivity index (χ1n) is 12.0. The van der Waals surface area contributed by atoms with E-state index in [1.165, 1.54) is 0 Å². The highest BCUT2D eigenvalue weighted by atomic mass is 16.5. The highest BCUT2D eigenvalue weighted by Crippen LogP contribution is 2.31. The van der Waals surface area contributed by atoms with Gasteiger partial charge in [-0.25, -0.2) is 9.97 Å². The minimum atomic E-state index is -0.591. The number of hydrogen-bond acceptors (Lipinski definition) is 8. The summed E-state index contributed by atoms with van der Waals surface area (Å²) in [6, 6.07) is 19.8. The Hall–Kier alpha value is -3.46. The molecule has 1 unspecified atom stereocenters. The fraction of sp³-hybridized carbons (Fsp3) is 0.333. The number of benzene rings is 2. The van der Waals surface area contributed by atoms with E-state index < -0.39 is 6.10 Å². The quantitative estimate of drug-likeness (QED) is 0.333. The molecule has 2 aromatic carbocycles. The molecule has 1 atom stereocenters. The standard InChI is InChI=1S/C27H30N4O4/c1-28-16-21(32)17-34-22-7-4-6-19(13-22)27-30-23(25-14-18-5-2-3-8-24(18)35-25)15-26(31-27)29-20-9-11-33-12-10-20/h2-8,13-15,20-21,28,32H,9-12,16-17H2,1H3,(H,29,30,31). The van der Waals surface area contributed by atoms with Gasteiger partial charge in [0.05, 0.1) is 0 Å². The molecule has 1 saturated heterocycles. The van der Waals surface area contributed by atoms with Gasteiger partial charge in [0.15, 0.2) is 11.6 Å². The van der Waals surface area contributed by atoms with Crippen LogP contribution in [-0.2, 0) is 4.74 Å². The van der Waals surface area contributed by atoms with Gasteiger partial charge in [0.25, 0.3) is 0 Å². The zero-order chi connectivity index (χ0) is 24.0. The second-order valence-electron chi connectivity index (χ2n) is 8.69. The van der Waals surface area contributed by atoms with Crippen LogP contribution in [0.15, 0.2) is 65.1 Å². The predicted molar refractivity (Wildman–Crippen MR) is 136 cm³/mol. The van der Waals surface area contributed by atoms with Gasteiger partial charge in [-0.3, -0.25) is 0 Å². The number of fused-ring (bicyclic) bond motifs is 1. The van der Waals surface area contributed by atoms with E-state index >= 15 is 0 Å². The third-order valence-electron chi connectivity index (χ3n) is 5.95. The van der Waals surface area contributed by atoms with Gasteiger partial charge in [0.2, 0.25) is 0 Å². The minimum absolute atomic E-state index is 0.195. The van der Waals surface area contributed by atoms with Crippen LogP contribution >= 0.6 is 0 Å². The molecule has 1 aliphatic rings. The molecule has 35 heavy (non-hydrogen) atoms. The molecule has 8 heteroatoms. The van der Waals surface area contributed by atoms with Crippen LogP contribution < -0.4 is 15.4 Å². The lowest BCUT2D eigenvalue weighted by atomic mass is 10.1. The van der Waals surface area contributed by atoms with Crippen molar-refractivity contribution in [2.24, 2.45) is 0 Å². The molecule has 0 saturated carbocycles. The summed E-state index contributed by atoms with van der Waals surface area (Å²) in [6.07, 6.45) is 1.27. The van der Waals surface area contributed by atoms with E-state index in [9.17, 15) is 5.11 Å². The number of aromatic nitrogens is 2. The van der Waals surface area contributed by atoms with Gasteiger partial charge >= 0.3 is 0 Å². The summed E-state index contributed by atoms with van der Waals surface area (Å²) in [5.41, 5.74) is 2.34. The smallest absolute Gasteiger partial charge is 0.162 e. The highest BCUT2D eigenvalue weighted by Gasteiger charge is 2.18. The minimum Gasteiger partial charge on any atom is -0.491 e. The topological polar surface area (TPSA) is 102 Å². The zero-order valence-corrected chi connectivity index (χ0v) is 19.7. The van der Waals surface area contributed by atoms with Crippen molar-refractivity contribution in [1.82, 2.24) is 15.3 Å². The van der Waals surface area contributed by atoms with Crippen molar-refractivity contribution in [3.63, 3.8) is 0 Å². The Morgan fingerprint density at radius 2 is 1.91 bits per heavy atom. The molecule has 182 valence electrons. The van der Waals surface area contributed by atoms with Gasteiger partial charge in [-0.1, -0.05) is 30.3 Å². The summed E-state index contributed by atoms with van der Waals surface area (Å²) in [6.45, 7) is 2.14. The molecule has 0 bridgehead atoms. The normalized spacial score (nSPS) is 15.3. The maximum Gasteiger partial charge on any atom is 0.162 e. The van der Waals surface area contributed by atoms with E-state index in [-0.39, 0.29) is 6.61 Å². The van der Waals surface area contributed by atoms with Gasteiger partial charge in [0.1, 0.15) is 35.6 Å². The first kappa shape index (κ1) is 23.3. The SMILES string of the molecule is CNCC(O)COc1cccc(-c2nc(NC3CCOCC3)cc(-c3cc4ccccc4o3)n2)c1. The van der Waals surface area contributed by atoms with E-state index in [0.29, 0.717) is 35.6 Å². The predicted octanol–water partition coefficient (Wildman–Crippen LogP) is 4.11. The second-order valence-corrected chi connectivity index (χ2v) is 8.69. The number of ether oxygens (including phenoxy) is 2. The number of para-hydroxylation sites is 1. The van der Waals surface area contributed by atoms with E-state index in [4.69, 9.17) is 23.9 Å². The molecular weight excluding hydrogens is 444 g/mol. The van der Waals surface area contributed by atoms with Gasteiger partial charge in [-0.15, -0.1) is 0 Å². The molecule has 2 aromatic heterocycles. The first-order chi connectivity index (χ1) is 17.2. The van der Waals surface area contributed by atoms with Crippen molar-refractivity contribution in [3.8, 4) is 28.6 Å². The molecule has 0 amide bonds. The number of anilines is 1. The number of likely N-dealkylation sites (N-methyl/N-ethyl adjacent to an activating group) is 1. The molecule has 3 heterocycles. The number of nitrogens with zero attached hydrogens (tertiary/aromatic N) is 2. The fourth-order valence-corrected chi connectivity index (χ4v) is 4.15. The largest absolute Gasteiger partial charge is 0.491 e. The van der Waals surface area contributed by atoms with E-state index in [0.717, 1.165) is 48.4 Å². The summed E-state index contributed by atoms with van der Waals surface area (Å²) in [7, 11) is 1.79. The van der Waals surface area contributed by atoms with Crippen LogP contribution in [0.1, 0.15) is 12.8 Å². The summed E-state index contributed by atoms with van der Waals surface area (Å²) in [5, 5.41) is 17.5. The number of rotatable bonds is 9. The Balaban J connectivity index is 1.48. The van der Waals surface area contributed by atoms with Crippen LogP contribution in [-0.4, -0.2) is 60.6 Å². The molecule has 5 rings (SSSR count). The van der Waals surface area contributed by atoms with Crippen molar-refractivity contribution in [2.45, 2.75) is 25.0 Å². The third kappa shape index (κ3) is 5.79. The summed E-state index contributed by atoms with van der Waals surface area (Å²) >= 11 is 0. The van der Waals surface area contributed by atoms with Crippen LogP contribution in [0.3, 0.4) is 0 Å². The van der Waals surface area contributed by atoms with Crippen LogP contribution in [0.4, 0.5) is 5.82 Å². The molecule has 1 fully saturated rings. The average molecular weight is 475 g/mol. The average Bonchev–Trinajstić information content (AvgIpc) is 3.33. The van der Waals surface area contributed by atoms with Crippen molar-refractivity contribution in [2.75, 3.05) is 38.7 Å². The molecule has 4 aromatic rings. The summed E-state index contributed by atoms with van der Waals surface area (Å²) < 4.78 is 17.4. The Morgan fingerprint density at radius 1 is 1.06 bits per heavy atom. The molecule has 0 radical (unpaired) electrons. The summed E-state index contributed by atoms with van der Waals surface area (Å²) in [5.74, 6) is 2.65. The third-order valence-corrected chi connectivity index (χ3v) is 5.95. The number of hydrogen-bond donors (Lipinski definition) is 3. The lowest BCUT2D eigenvalue weighted by Gasteiger charge is -2.24. The Morgan fingerprint density at radius 3 is 2.74 bits per heavy atom. The Kier molecular flexibility index (Phi) is 7.23. The van der Waals surface area contributed by atoms with Crippen molar-refractivity contribution in [3.05, 3.63) is 60.7 Å². The maximum absolute atomic E-state index is 9.97. The van der Waals surface area contributed by atoms with E-state index in [2.05, 4.69) is 10.6 Å². The molecule has 0 aliphatic carbocycles. The van der Waals surface area contributed by atoms with Crippen molar-refractivity contribution in [1.29, 1.82) is 0 Å². The molecular formula is C27H30N4O4. The lowest BCUT2D eigenvalue weighted by Crippen LogP contribution is -2.29. The van der Waals surface area contributed by atoms with Gasteiger partial charge in [-0.05, 0) is 44.2 Å². The lowest BCUT2D eigenvalue weighted by molar-refractivity contribution is 0.0904. The maximum atomic E-state index is 9.97. The molecule has 8 nitrogen and oxygen atoms in total.